The summed E-state index contributed by atoms with van der Waals surface area (Å²) in [6, 6.07) is 6.34. The van der Waals surface area contributed by atoms with Gasteiger partial charge in [0.05, 0.1) is 17.6 Å². The first-order valence-electron chi connectivity index (χ1n) is 7.14. The molecule has 1 heterocycles. The van der Waals surface area contributed by atoms with Crippen molar-refractivity contribution in [1.82, 2.24) is 4.98 Å². The second-order valence-electron chi connectivity index (χ2n) is 5.64. The molecule has 1 N–H and O–H groups in total. The van der Waals surface area contributed by atoms with E-state index < -0.39 is 26.5 Å². The summed E-state index contributed by atoms with van der Waals surface area (Å²) in [5.74, 6) is -1.82. The van der Waals surface area contributed by atoms with Crippen LogP contribution in [0.1, 0.15) is 24.2 Å². The van der Waals surface area contributed by atoms with Gasteiger partial charge >= 0.3 is 0 Å². The molecule has 1 aromatic carbocycles. The van der Waals surface area contributed by atoms with E-state index in [9.17, 15) is 17.6 Å². The number of aromatic nitrogens is 1. The number of amides is 1. The normalized spacial score (nSPS) is 11.5. The van der Waals surface area contributed by atoms with Crippen molar-refractivity contribution in [3.8, 4) is 0 Å². The fraction of sp³-hybridized carbons (Fsp3) is 0.250. The van der Waals surface area contributed by atoms with E-state index in [0.29, 0.717) is 5.69 Å². The van der Waals surface area contributed by atoms with Crippen molar-refractivity contribution in [3.63, 3.8) is 0 Å². The molecule has 1 amide bonds. The highest BCUT2D eigenvalue weighted by Crippen LogP contribution is 2.20. The number of nitrogens with one attached hydrogen (secondary N) is 1. The van der Waals surface area contributed by atoms with Gasteiger partial charge in [0.2, 0.25) is 0 Å². The predicted octanol–water partition coefficient (Wildman–Crippen LogP) is 3.56. The minimum Gasteiger partial charge on any atom is -0.321 e. The van der Waals surface area contributed by atoms with Crippen molar-refractivity contribution in [3.05, 3.63) is 53.1 Å². The van der Waals surface area contributed by atoms with Crippen LogP contribution in [0.2, 0.25) is 5.15 Å². The number of benzene rings is 1. The SMILES string of the molecule is CC(C)CS(=O)(=O)c1ccc(C(=O)Nc2ccc(Cl)nc2)cc1F. The second kappa shape index (κ2) is 7.27. The first-order valence-corrected chi connectivity index (χ1v) is 9.17. The van der Waals surface area contributed by atoms with Crippen LogP contribution in [-0.4, -0.2) is 25.1 Å². The molecule has 0 bridgehead atoms. The van der Waals surface area contributed by atoms with Crippen LogP contribution < -0.4 is 5.32 Å². The van der Waals surface area contributed by atoms with Gasteiger partial charge in [-0.3, -0.25) is 4.79 Å². The highest BCUT2D eigenvalue weighted by molar-refractivity contribution is 7.91. The Morgan fingerprint density at radius 2 is 2.00 bits per heavy atom. The standard InChI is InChI=1S/C16H16ClFN2O3S/c1-10(2)9-24(22,23)14-5-3-11(7-13(14)18)16(21)20-12-4-6-15(17)19-8-12/h3-8,10H,9H2,1-2H3,(H,20,21). The zero-order valence-electron chi connectivity index (χ0n) is 13.1. The van der Waals surface area contributed by atoms with E-state index >= 15 is 0 Å². The first kappa shape index (κ1) is 18.4. The quantitative estimate of drug-likeness (QED) is 0.816. The van der Waals surface area contributed by atoms with E-state index in [1.54, 1.807) is 19.9 Å². The van der Waals surface area contributed by atoms with E-state index in [1.807, 2.05) is 0 Å². The van der Waals surface area contributed by atoms with Gasteiger partial charge in [-0.15, -0.1) is 0 Å². The molecule has 0 saturated carbocycles. The van der Waals surface area contributed by atoms with E-state index in [2.05, 4.69) is 10.3 Å². The Hall–Kier alpha value is -1.99. The molecule has 0 atom stereocenters. The zero-order chi connectivity index (χ0) is 17.9. The number of halogens is 2. The Morgan fingerprint density at radius 1 is 1.29 bits per heavy atom. The summed E-state index contributed by atoms with van der Waals surface area (Å²) in [7, 11) is -3.73. The van der Waals surface area contributed by atoms with Crippen LogP contribution in [0.5, 0.6) is 0 Å². The molecule has 24 heavy (non-hydrogen) atoms. The van der Waals surface area contributed by atoms with Gasteiger partial charge in [-0.25, -0.2) is 17.8 Å². The molecular formula is C16H16ClFN2O3S. The Balaban J connectivity index is 2.22. The lowest BCUT2D eigenvalue weighted by molar-refractivity contribution is 0.102. The lowest BCUT2D eigenvalue weighted by Crippen LogP contribution is -2.16. The van der Waals surface area contributed by atoms with Gasteiger partial charge < -0.3 is 5.32 Å². The van der Waals surface area contributed by atoms with Crippen molar-refractivity contribution >= 4 is 33.0 Å². The third-order valence-corrected chi connectivity index (χ3v) is 5.40. The number of hydrogen-bond donors (Lipinski definition) is 1. The fourth-order valence-electron chi connectivity index (χ4n) is 2.08. The van der Waals surface area contributed by atoms with Gasteiger partial charge in [0.15, 0.2) is 9.84 Å². The number of pyridine rings is 1. The summed E-state index contributed by atoms with van der Waals surface area (Å²) in [6.45, 7) is 3.47. The van der Waals surface area contributed by atoms with Gasteiger partial charge in [-0.2, -0.15) is 0 Å². The Labute approximate surface area is 144 Å². The third-order valence-electron chi connectivity index (χ3n) is 3.07. The van der Waals surface area contributed by atoms with Crippen LogP contribution in [0.25, 0.3) is 0 Å². The summed E-state index contributed by atoms with van der Waals surface area (Å²) in [5.41, 5.74) is 0.396. The topological polar surface area (TPSA) is 76.1 Å². The molecule has 128 valence electrons. The molecule has 0 aliphatic rings. The summed E-state index contributed by atoms with van der Waals surface area (Å²) in [5, 5.41) is 2.80. The summed E-state index contributed by atoms with van der Waals surface area (Å²) in [6.07, 6.45) is 1.36. The number of carbonyl (C=O) groups is 1. The van der Waals surface area contributed by atoms with E-state index in [-0.39, 0.29) is 22.4 Å². The molecule has 0 saturated heterocycles. The maximum Gasteiger partial charge on any atom is 0.255 e. The van der Waals surface area contributed by atoms with Crippen LogP contribution >= 0.6 is 11.6 Å². The average Bonchev–Trinajstić information content (AvgIpc) is 2.47. The zero-order valence-corrected chi connectivity index (χ0v) is 14.7. The highest BCUT2D eigenvalue weighted by atomic mass is 35.5. The Bertz CT molecular complexity index is 852. The largest absolute Gasteiger partial charge is 0.321 e. The molecule has 0 aliphatic carbocycles. The smallest absolute Gasteiger partial charge is 0.255 e. The van der Waals surface area contributed by atoms with Crippen molar-refractivity contribution < 1.29 is 17.6 Å². The molecule has 0 radical (unpaired) electrons. The molecule has 0 spiro atoms. The summed E-state index contributed by atoms with van der Waals surface area (Å²) >= 11 is 5.65. The maximum absolute atomic E-state index is 14.2. The molecule has 8 heteroatoms. The minimum atomic E-state index is -3.73. The maximum atomic E-state index is 14.2. The number of nitrogens with zero attached hydrogens (tertiary/aromatic N) is 1. The summed E-state index contributed by atoms with van der Waals surface area (Å²) in [4.78, 5) is 15.5. The van der Waals surface area contributed by atoms with Crippen LogP contribution in [0.15, 0.2) is 41.4 Å². The van der Waals surface area contributed by atoms with Gasteiger partial charge in [0.1, 0.15) is 15.9 Å². The molecule has 1 aromatic heterocycles. The number of rotatable bonds is 5. The Morgan fingerprint density at radius 3 is 2.54 bits per heavy atom. The fourth-order valence-corrected chi connectivity index (χ4v) is 3.88. The minimum absolute atomic E-state index is 0.00551. The van der Waals surface area contributed by atoms with Crippen LogP contribution in [0, 0.1) is 11.7 Å². The van der Waals surface area contributed by atoms with Crippen LogP contribution in [0.3, 0.4) is 0 Å². The van der Waals surface area contributed by atoms with E-state index in [0.717, 1.165) is 12.1 Å². The predicted molar refractivity (Wildman–Crippen MR) is 90.5 cm³/mol. The van der Waals surface area contributed by atoms with Gasteiger partial charge in [0, 0.05) is 5.56 Å². The Kier molecular flexibility index (Phi) is 5.56. The van der Waals surface area contributed by atoms with Crippen molar-refractivity contribution in [1.29, 1.82) is 0 Å². The van der Waals surface area contributed by atoms with Gasteiger partial charge in [0.25, 0.3) is 5.91 Å². The van der Waals surface area contributed by atoms with Gasteiger partial charge in [-0.05, 0) is 36.2 Å². The van der Waals surface area contributed by atoms with Crippen LogP contribution in [0.4, 0.5) is 10.1 Å². The molecule has 2 aromatic rings. The number of sulfone groups is 1. The third kappa shape index (κ3) is 4.52. The first-order chi connectivity index (χ1) is 11.2. The van der Waals surface area contributed by atoms with E-state index in [1.165, 1.54) is 18.3 Å². The van der Waals surface area contributed by atoms with Gasteiger partial charge in [-0.1, -0.05) is 25.4 Å². The lowest BCUT2D eigenvalue weighted by atomic mass is 10.2. The van der Waals surface area contributed by atoms with Crippen molar-refractivity contribution in [2.24, 2.45) is 5.92 Å². The molecule has 0 unspecified atom stereocenters. The highest BCUT2D eigenvalue weighted by Gasteiger charge is 2.22. The number of anilines is 1. The number of carbonyl (C=O) groups excluding carboxylic acids is 1. The monoisotopic (exact) mass is 370 g/mol. The second-order valence-corrected chi connectivity index (χ2v) is 8.03. The number of hydrogen-bond acceptors (Lipinski definition) is 4. The van der Waals surface area contributed by atoms with Crippen LogP contribution in [-0.2, 0) is 9.84 Å². The summed E-state index contributed by atoms with van der Waals surface area (Å²) < 4.78 is 38.4. The molecular weight excluding hydrogens is 355 g/mol. The lowest BCUT2D eigenvalue weighted by Gasteiger charge is -2.10. The molecule has 2 rings (SSSR count). The van der Waals surface area contributed by atoms with Crippen molar-refractivity contribution in [2.45, 2.75) is 18.7 Å². The molecule has 0 aliphatic heterocycles. The van der Waals surface area contributed by atoms with Crippen molar-refractivity contribution in [2.75, 3.05) is 11.1 Å². The molecule has 0 fully saturated rings. The van der Waals surface area contributed by atoms with E-state index in [4.69, 9.17) is 11.6 Å². The average molecular weight is 371 g/mol. The molecule has 5 nitrogen and oxygen atoms in total.